The van der Waals surface area contributed by atoms with Crippen molar-refractivity contribution in [1.82, 2.24) is 5.32 Å². The number of halogens is 1. The van der Waals surface area contributed by atoms with Gasteiger partial charge in [0, 0.05) is 16.6 Å². The molecule has 1 amide bonds. The van der Waals surface area contributed by atoms with E-state index in [1.807, 2.05) is 13.8 Å². The van der Waals surface area contributed by atoms with Crippen LogP contribution in [0.5, 0.6) is 0 Å². The van der Waals surface area contributed by atoms with E-state index in [1.54, 1.807) is 0 Å². The minimum Gasteiger partial charge on any atom is -0.394 e. The van der Waals surface area contributed by atoms with Gasteiger partial charge in [-0.2, -0.15) is 0 Å². The molecule has 0 aliphatic rings. The number of carbonyl (C=O) groups excluding carboxylic acids is 1. The first-order valence-corrected chi connectivity index (χ1v) is 6.51. The van der Waals surface area contributed by atoms with Crippen LogP contribution in [-0.2, 0) is 0 Å². The number of nitro groups is 1. The predicted molar refractivity (Wildman–Crippen MR) is 74.0 cm³/mol. The van der Waals surface area contributed by atoms with Gasteiger partial charge in [0.25, 0.3) is 11.6 Å². The number of aliphatic hydroxyl groups is 1. The molecule has 0 aromatic heterocycles. The maximum atomic E-state index is 12.0. The van der Waals surface area contributed by atoms with E-state index in [4.69, 9.17) is 5.11 Å². The molecule has 0 bridgehead atoms. The Morgan fingerprint density at radius 2 is 2.16 bits per heavy atom. The lowest BCUT2D eigenvalue weighted by atomic mass is 10.0. The third-order valence-corrected chi connectivity index (χ3v) is 3.41. The number of nitro benzene ring substituents is 1. The van der Waals surface area contributed by atoms with Gasteiger partial charge in [0.1, 0.15) is 0 Å². The van der Waals surface area contributed by atoms with E-state index in [0.717, 1.165) is 0 Å². The third kappa shape index (κ3) is 4.00. The highest BCUT2D eigenvalue weighted by atomic mass is 79.9. The highest BCUT2D eigenvalue weighted by Gasteiger charge is 2.20. The van der Waals surface area contributed by atoms with Crippen molar-refractivity contribution >= 4 is 27.5 Å². The van der Waals surface area contributed by atoms with Crippen LogP contribution in [0.25, 0.3) is 0 Å². The summed E-state index contributed by atoms with van der Waals surface area (Å²) in [5.41, 5.74) is 0.0201. The van der Waals surface area contributed by atoms with E-state index in [2.05, 4.69) is 21.2 Å². The molecule has 0 saturated heterocycles. The Bertz CT molecular complexity index is 491. The fraction of sp³-hybridized carbons (Fsp3) is 0.417. The largest absolute Gasteiger partial charge is 0.394 e. The Morgan fingerprint density at radius 3 is 2.63 bits per heavy atom. The predicted octanol–water partition coefficient (Wildman–Crippen LogP) is 2.10. The van der Waals surface area contributed by atoms with Crippen LogP contribution >= 0.6 is 15.9 Å². The zero-order valence-electron chi connectivity index (χ0n) is 10.6. The fourth-order valence-corrected chi connectivity index (χ4v) is 1.90. The number of hydrogen-bond acceptors (Lipinski definition) is 4. The summed E-state index contributed by atoms with van der Waals surface area (Å²) in [4.78, 5) is 22.2. The highest BCUT2D eigenvalue weighted by molar-refractivity contribution is 9.10. The fourth-order valence-electron chi connectivity index (χ4n) is 1.47. The Kier molecular flexibility index (Phi) is 5.44. The molecule has 1 aromatic carbocycles. The van der Waals surface area contributed by atoms with Gasteiger partial charge in [-0.05, 0) is 27.9 Å². The monoisotopic (exact) mass is 330 g/mol. The van der Waals surface area contributed by atoms with Gasteiger partial charge in [-0.3, -0.25) is 14.9 Å². The maximum Gasteiger partial charge on any atom is 0.270 e. The van der Waals surface area contributed by atoms with Gasteiger partial charge < -0.3 is 10.4 Å². The number of carbonyl (C=O) groups is 1. The van der Waals surface area contributed by atoms with Gasteiger partial charge in [0.15, 0.2) is 0 Å². The zero-order chi connectivity index (χ0) is 14.6. The second-order valence-corrected chi connectivity index (χ2v) is 5.28. The van der Waals surface area contributed by atoms with Crippen molar-refractivity contribution < 1.29 is 14.8 Å². The summed E-state index contributed by atoms with van der Waals surface area (Å²) in [5, 5.41) is 22.5. The van der Waals surface area contributed by atoms with Crippen LogP contribution < -0.4 is 5.32 Å². The standard InChI is InChI=1S/C12H15BrN2O4/c1-7(2)11(6-16)14-12(17)9-5-8(15(18)19)3-4-10(9)13/h3-5,7,11,16H,6H2,1-2H3,(H,14,17)/t11-/m1/s1. The number of nitrogens with one attached hydrogen (secondary N) is 1. The van der Waals surface area contributed by atoms with E-state index in [9.17, 15) is 14.9 Å². The summed E-state index contributed by atoms with van der Waals surface area (Å²) in [6.07, 6.45) is 0. The summed E-state index contributed by atoms with van der Waals surface area (Å²) < 4.78 is 0.469. The Hall–Kier alpha value is -1.47. The first-order chi connectivity index (χ1) is 8.86. The van der Waals surface area contributed by atoms with Crippen LogP contribution in [0, 0.1) is 16.0 Å². The molecule has 0 saturated carbocycles. The Labute approximate surface area is 119 Å². The molecule has 0 heterocycles. The number of nitrogens with zero attached hydrogens (tertiary/aromatic N) is 1. The maximum absolute atomic E-state index is 12.0. The minimum atomic E-state index is -0.560. The van der Waals surface area contributed by atoms with Gasteiger partial charge in [-0.15, -0.1) is 0 Å². The molecule has 6 nitrogen and oxygen atoms in total. The Morgan fingerprint density at radius 1 is 1.53 bits per heavy atom. The average Bonchev–Trinajstić information content (AvgIpc) is 2.35. The second-order valence-electron chi connectivity index (χ2n) is 4.43. The molecular formula is C12H15BrN2O4. The molecule has 0 aliphatic heterocycles. The average molecular weight is 331 g/mol. The summed E-state index contributed by atoms with van der Waals surface area (Å²) in [7, 11) is 0. The molecule has 0 fully saturated rings. The van der Waals surface area contributed by atoms with E-state index in [-0.39, 0.29) is 23.8 Å². The van der Waals surface area contributed by atoms with Gasteiger partial charge in [-0.1, -0.05) is 13.8 Å². The van der Waals surface area contributed by atoms with Crippen molar-refractivity contribution in [2.24, 2.45) is 5.92 Å². The van der Waals surface area contributed by atoms with Crippen LogP contribution in [0.4, 0.5) is 5.69 Å². The van der Waals surface area contributed by atoms with Crippen LogP contribution in [0.1, 0.15) is 24.2 Å². The number of amides is 1. The van der Waals surface area contributed by atoms with Crippen molar-refractivity contribution in [2.45, 2.75) is 19.9 Å². The summed E-state index contributed by atoms with van der Waals surface area (Å²) in [6, 6.07) is 3.58. The summed E-state index contributed by atoms with van der Waals surface area (Å²) >= 11 is 3.18. The van der Waals surface area contributed by atoms with Crippen molar-refractivity contribution in [1.29, 1.82) is 0 Å². The molecule has 7 heteroatoms. The first kappa shape index (κ1) is 15.6. The Balaban J connectivity index is 2.99. The topological polar surface area (TPSA) is 92.5 Å². The normalized spacial score (nSPS) is 12.3. The molecule has 0 unspecified atom stereocenters. The van der Waals surface area contributed by atoms with Crippen LogP contribution in [0.3, 0.4) is 0 Å². The summed E-state index contributed by atoms with van der Waals surface area (Å²) in [6.45, 7) is 3.54. The molecule has 2 N–H and O–H groups in total. The highest BCUT2D eigenvalue weighted by Crippen LogP contribution is 2.22. The van der Waals surface area contributed by atoms with E-state index in [1.165, 1.54) is 18.2 Å². The molecule has 0 aliphatic carbocycles. The molecule has 0 radical (unpaired) electrons. The molecule has 104 valence electrons. The minimum absolute atomic E-state index is 0.0615. The molecular weight excluding hydrogens is 316 g/mol. The van der Waals surface area contributed by atoms with Gasteiger partial charge in [0.05, 0.1) is 23.1 Å². The number of benzene rings is 1. The van der Waals surface area contributed by atoms with E-state index in [0.29, 0.717) is 4.47 Å². The smallest absolute Gasteiger partial charge is 0.270 e. The second kappa shape index (κ2) is 6.63. The first-order valence-electron chi connectivity index (χ1n) is 5.72. The lowest BCUT2D eigenvalue weighted by Gasteiger charge is -2.20. The van der Waals surface area contributed by atoms with Crippen molar-refractivity contribution in [3.05, 3.63) is 38.3 Å². The quantitative estimate of drug-likeness (QED) is 0.638. The van der Waals surface area contributed by atoms with E-state index < -0.39 is 16.9 Å². The summed E-state index contributed by atoms with van der Waals surface area (Å²) in [5.74, 6) is -0.394. The van der Waals surface area contributed by atoms with Gasteiger partial charge in [0.2, 0.25) is 0 Å². The van der Waals surface area contributed by atoms with Crippen LogP contribution in [0.2, 0.25) is 0 Å². The number of aliphatic hydroxyl groups excluding tert-OH is 1. The SMILES string of the molecule is CC(C)[C@@H](CO)NC(=O)c1cc([N+](=O)[O-])ccc1Br. The third-order valence-electron chi connectivity index (χ3n) is 2.72. The van der Waals surface area contributed by atoms with Crippen LogP contribution in [0.15, 0.2) is 22.7 Å². The van der Waals surface area contributed by atoms with Gasteiger partial charge >= 0.3 is 0 Å². The van der Waals surface area contributed by atoms with Crippen molar-refractivity contribution in [3.63, 3.8) is 0 Å². The van der Waals surface area contributed by atoms with Crippen molar-refractivity contribution in [3.8, 4) is 0 Å². The molecule has 19 heavy (non-hydrogen) atoms. The van der Waals surface area contributed by atoms with Crippen LogP contribution in [-0.4, -0.2) is 28.6 Å². The van der Waals surface area contributed by atoms with E-state index >= 15 is 0 Å². The lowest BCUT2D eigenvalue weighted by molar-refractivity contribution is -0.384. The van der Waals surface area contributed by atoms with Crippen molar-refractivity contribution in [2.75, 3.05) is 6.61 Å². The number of non-ortho nitro benzene ring substituents is 1. The zero-order valence-corrected chi connectivity index (χ0v) is 12.2. The van der Waals surface area contributed by atoms with Gasteiger partial charge in [-0.25, -0.2) is 0 Å². The molecule has 1 atom stereocenters. The molecule has 1 rings (SSSR count). The number of rotatable bonds is 5. The molecule has 0 spiro atoms. The lowest BCUT2D eigenvalue weighted by Crippen LogP contribution is -2.41. The molecule has 1 aromatic rings. The number of hydrogen-bond donors (Lipinski definition) is 2.